The molecule has 1 aliphatic rings. The number of aliphatic imine (C=N–C) groups is 1. The maximum atomic E-state index is 12.1. The zero-order valence-corrected chi connectivity index (χ0v) is 17.4. The van der Waals surface area contributed by atoms with Gasteiger partial charge in [0.1, 0.15) is 17.3 Å². The van der Waals surface area contributed by atoms with Gasteiger partial charge in [-0.15, -0.1) is 0 Å². The number of hydrogen-bond acceptors (Lipinski definition) is 5. The molecule has 5 N–H and O–H groups in total. The summed E-state index contributed by atoms with van der Waals surface area (Å²) in [5, 5.41) is 13.6. The minimum absolute atomic E-state index is 0.0753. The van der Waals surface area contributed by atoms with Crippen LogP contribution in [0.1, 0.15) is 25.3 Å². The van der Waals surface area contributed by atoms with Crippen molar-refractivity contribution in [2.24, 2.45) is 16.6 Å². The maximum absolute atomic E-state index is 12.1. The number of anilines is 1. The molecule has 158 valence electrons. The second-order valence-corrected chi connectivity index (χ2v) is 6.70. The van der Waals surface area contributed by atoms with E-state index in [1.165, 1.54) is 20.2 Å². The second-order valence-electron chi connectivity index (χ2n) is 6.70. The number of para-hydroxylation sites is 1. The number of rotatable bonds is 9. The number of amidine groups is 1. The van der Waals surface area contributed by atoms with Crippen molar-refractivity contribution in [2.45, 2.75) is 19.8 Å². The Bertz CT molecular complexity index is 956. The van der Waals surface area contributed by atoms with E-state index in [-0.39, 0.29) is 29.1 Å². The van der Waals surface area contributed by atoms with Crippen molar-refractivity contribution in [1.29, 1.82) is 5.41 Å². The van der Waals surface area contributed by atoms with E-state index >= 15 is 0 Å². The molecule has 2 rings (SSSR count). The van der Waals surface area contributed by atoms with Crippen LogP contribution < -0.4 is 21.1 Å². The number of methoxy groups -OCH3 is 1. The zero-order chi connectivity index (χ0) is 22.3. The molecule has 0 radical (unpaired) electrons. The van der Waals surface area contributed by atoms with Crippen molar-refractivity contribution in [3.63, 3.8) is 0 Å². The van der Waals surface area contributed by atoms with Gasteiger partial charge in [-0.2, -0.15) is 4.99 Å². The highest BCUT2D eigenvalue weighted by molar-refractivity contribution is 6.45. The normalized spacial score (nSPS) is 14.4. The highest BCUT2D eigenvalue weighted by atomic mass is 16.5. The number of allylic oxidation sites excluding steroid dienone is 3. The number of carbonyl (C=O) groups excluding carboxylic acids is 2. The molecule has 30 heavy (non-hydrogen) atoms. The van der Waals surface area contributed by atoms with Crippen LogP contribution in [0, 0.1) is 11.3 Å². The van der Waals surface area contributed by atoms with Crippen molar-refractivity contribution in [2.75, 3.05) is 19.5 Å². The van der Waals surface area contributed by atoms with E-state index in [2.05, 4.69) is 22.2 Å². The van der Waals surface area contributed by atoms with Crippen molar-refractivity contribution >= 4 is 34.6 Å². The summed E-state index contributed by atoms with van der Waals surface area (Å²) in [6, 6.07) is 5.38. The van der Waals surface area contributed by atoms with Gasteiger partial charge in [0.15, 0.2) is 0 Å². The first-order chi connectivity index (χ1) is 14.3. The number of nitrogens with zero attached hydrogens (tertiary/aromatic N) is 1. The minimum Gasteiger partial charge on any atom is -0.494 e. The highest BCUT2D eigenvalue weighted by Gasteiger charge is 2.29. The summed E-state index contributed by atoms with van der Waals surface area (Å²) in [5.41, 5.74) is 7.59. The van der Waals surface area contributed by atoms with Crippen LogP contribution >= 0.6 is 0 Å². The molecule has 0 aliphatic heterocycles. The molecule has 2 amide bonds. The van der Waals surface area contributed by atoms with Gasteiger partial charge in [-0.05, 0) is 31.4 Å². The van der Waals surface area contributed by atoms with Gasteiger partial charge in [0.05, 0.1) is 18.5 Å². The van der Waals surface area contributed by atoms with Crippen LogP contribution in [-0.2, 0) is 9.59 Å². The summed E-state index contributed by atoms with van der Waals surface area (Å²) in [7, 11) is 2.94. The average Bonchev–Trinajstić information content (AvgIpc) is 3.57. The maximum Gasteiger partial charge on any atom is 0.271 e. The Kier molecular flexibility index (Phi) is 7.69. The lowest BCUT2D eigenvalue weighted by atomic mass is 10.0. The number of benzene rings is 1. The van der Waals surface area contributed by atoms with Crippen LogP contribution in [0.4, 0.5) is 5.69 Å². The topological polar surface area (TPSA) is 130 Å². The smallest absolute Gasteiger partial charge is 0.271 e. The van der Waals surface area contributed by atoms with E-state index in [1.54, 1.807) is 12.1 Å². The molecule has 1 saturated carbocycles. The lowest BCUT2D eigenvalue weighted by Crippen LogP contribution is -2.31. The third-order valence-corrected chi connectivity index (χ3v) is 4.38. The first-order valence-corrected chi connectivity index (χ1v) is 9.49. The average molecular weight is 409 g/mol. The fourth-order valence-corrected chi connectivity index (χ4v) is 2.69. The predicted octanol–water partition coefficient (Wildman–Crippen LogP) is 2.64. The molecular weight excluding hydrogens is 382 g/mol. The standard InChI is InChI=1S/C22H27N5O3/c1-5-7-13(2)15-8-6-9-16(20(15)30-4)26-17(19(24)22(29)25-3)12-18(23)27-21(28)14-10-11-14/h5-9,12,14,24,26H,2,10-11H2,1,3-4H3,(H,25,29)(H2,23,27,28)/b7-5-,17-12+,24-19?. The van der Waals surface area contributed by atoms with E-state index < -0.39 is 5.91 Å². The molecule has 1 aliphatic carbocycles. The molecule has 1 aromatic carbocycles. The van der Waals surface area contributed by atoms with Crippen molar-refractivity contribution in [3.05, 3.63) is 54.3 Å². The van der Waals surface area contributed by atoms with Crippen LogP contribution in [0.3, 0.4) is 0 Å². The molecule has 0 atom stereocenters. The molecule has 0 aromatic heterocycles. The van der Waals surface area contributed by atoms with Gasteiger partial charge in [0, 0.05) is 24.6 Å². The largest absolute Gasteiger partial charge is 0.494 e. The fraction of sp³-hybridized carbons (Fsp3) is 0.273. The molecule has 0 unspecified atom stereocenters. The lowest BCUT2D eigenvalue weighted by Gasteiger charge is -2.17. The van der Waals surface area contributed by atoms with E-state index in [9.17, 15) is 9.59 Å². The van der Waals surface area contributed by atoms with E-state index in [0.29, 0.717) is 11.4 Å². The Labute approximate surface area is 176 Å². The summed E-state index contributed by atoms with van der Waals surface area (Å²) in [6.07, 6.45) is 6.61. The van der Waals surface area contributed by atoms with Gasteiger partial charge in [0.25, 0.3) is 11.8 Å². The van der Waals surface area contributed by atoms with Gasteiger partial charge in [-0.25, -0.2) is 0 Å². The molecule has 0 spiro atoms. The molecule has 8 heteroatoms. The Balaban J connectivity index is 2.45. The Hall–Kier alpha value is -3.68. The monoisotopic (exact) mass is 409 g/mol. The number of nitrogens with two attached hydrogens (primary N) is 1. The molecule has 1 aromatic rings. The summed E-state index contributed by atoms with van der Waals surface area (Å²) in [6.45, 7) is 5.92. The number of amides is 2. The highest BCUT2D eigenvalue weighted by Crippen LogP contribution is 2.34. The van der Waals surface area contributed by atoms with E-state index in [0.717, 1.165) is 24.0 Å². The number of ether oxygens (including phenoxy) is 1. The summed E-state index contributed by atoms with van der Waals surface area (Å²) < 4.78 is 5.55. The van der Waals surface area contributed by atoms with Crippen LogP contribution in [-0.4, -0.2) is 37.5 Å². The van der Waals surface area contributed by atoms with Gasteiger partial charge in [-0.3, -0.25) is 15.0 Å². The van der Waals surface area contributed by atoms with Gasteiger partial charge in [-0.1, -0.05) is 30.9 Å². The van der Waals surface area contributed by atoms with E-state index in [1.807, 2.05) is 25.1 Å². The molecule has 1 fully saturated rings. The molecular formula is C22H27N5O3. The SMILES string of the molecule is C=C(/C=C\C)c1cccc(N/C(=C/C(N)=NC(=O)C2CC2)C(=N)C(=O)NC)c1OC. The van der Waals surface area contributed by atoms with Crippen molar-refractivity contribution in [1.82, 2.24) is 5.32 Å². The van der Waals surface area contributed by atoms with E-state index in [4.69, 9.17) is 15.9 Å². The quantitative estimate of drug-likeness (QED) is 0.283. The van der Waals surface area contributed by atoms with Gasteiger partial charge >= 0.3 is 0 Å². The van der Waals surface area contributed by atoms with Gasteiger partial charge < -0.3 is 21.1 Å². The Morgan fingerprint density at radius 3 is 2.63 bits per heavy atom. The zero-order valence-electron chi connectivity index (χ0n) is 17.4. The first kappa shape index (κ1) is 22.6. The molecule has 0 bridgehead atoms. The predicted molar refractivity (Wildman–Crippen MR) is 120 cm³/mol. The van der Waals surface area contributed by atoms with Crippen molar-refractivity contribution in [3.8, 4) is 5.75 Å². The van der Waals surface area contributed by atoms with Crippen LogP contribution in [0.15, 0.2) is 53.7 Å². The van der Waals surface area contributed by atoms with Crippen LogP contribution in [0.5, 0.6) is 5.75 Å². The number of hydrogen-bond donors (Lipinski definition) is 4. The molecule has 0 saturated heterocycles. The minimum atomic E-state index is -0.622. The second kappa shape index (κ2) is 10.2. The van der Waals surface area contributed by atoms with Gasteiger partial charge in [0.2, 0.25) is 0 Å². The first-order valence-electron chi connectivity index (χ1n) is 9.49. The van der Waals surface area contributed by atoms with Crippen LogP contribution in [0.2, 0.25) is 0 Å². The third kappa shape index (κ3) is 5.66. The van der Waals surface area contributed by atoms with Crippen molar-refractivity contribution < 1.29 is 14.3 Å². The molecule has 8 nitrogen and oxygen atoms in total. The van der Waals surface area contributed by atoms with Crippen LogP contribution in [0.25, 0.3) is 5.57 Å². The Morgan fingerprint density at radius 1 is 1.37 bits per heavy atom. The third-order valence-electron chi connectivity index (χ3n) is 4.38. The number of carbonyl (C=O) groups is 2. The summed E-state index contributed by atoms with van der Waals surface area (Å²) in [5.74, 6) is -0.598. The Morgan fingerprint density at radius 2 is 2.07 bits per heavy atom. The summed E-state index contributed by atoms with van der Waals surface area (Å²) in [4.78, 5) is 27.8. The fourth-order valence-electron chi connectivity index (χ4n) is 2.69. The lowest BCUT2D eigenvalue weighted by molar-refractivity contribution is -0.119. The summed E-state index contributed by atoms with van der Waals surface area (Å²) >= 11 is 0. The number of nitrogens with one attached hydrogen (secondary N) is 3. The molecule has 0 heterocycles.